The van der Waals surface area contributed by atoms with Crippen LogP contribution < -0.4 is 5.32 Å². The monoisotopic (exact) mass is 366 g/mol. The van der Waals surface area contributed by atoms with Gasteiger partial charge >= 0.3 is 0 Å². The van der Waals surface area contributed by atoms with Crippen LogP contribution in [0.1, 0.15) is 4.88 Å². The molecule has 0 bridgehead atoms. The van der Waals surface area contributed by atoms with Crippen molar-refractivity contribution in [3.63, 3.8) is 0 Å². The van der Waals surface area contributed by atoms with E-state index < -0.39 is 0 Å². The SMILES string of the molecule is Cc1sc(NC(=O)CSc2nncs2)nc1-c1ccc(F)cc1. The molecule has 1 N–H and O–H groups in total. The summed E-state index contributed by atoms with van der Waals surface area (Å²) in [4.78, 5) is 17.3. The van der Waals surface area contributed by atoms with E-state index in [1.165, 1.54) is 46.6 Å². The van der Waals surface area contributed by atoms with Crippen molar-refractivity contribution < 1.29 is 9.18 Å². The molecule has 2 aromatic heterocycles. The Labute approximate surface area is 144 Å². The Morgan fingerprint density at radius 3 is 2.83 bits per heavy atom. The number of aromatic nitrogens is 3. The Kier molecular flexibility index (Phi) is 4.99. The van der Waals surface area contributed by atoms with Crippen LogP contribution in [0.2, 0.25) is 0 Å². The minimum Gasteiger partial charge on any atom is -0.301 e. The molecule has 0 radical (unpaired) electrons. The Morgan fingerprint density at radius 1 is 1.35 bits per heavy atom. The molecule has 0 aliphatic heterocycles. The van der Waals surface area contributed by atoms with Crippen LogP contribution in [0.15, 0.2) is 34.1 Å². The average molecular weight is 366 g/mol. The molecule has 3 rings (SSSR count). The van der Waals surface area contributed by atoms with Crippen molar-refractivity contribution >= 4 is 45.5 Å². The number of thioether (sulfide) groups is 1. The van der Waals surface area contributed by atoms with Gasteiger partial charge in [-0.15, -0.1) is 21.5 Å². The minimum absolute atomic E-state index is 0.149. The van der Waals surface area contributed by atoms with Crippen molar-refractivity contribution in [2.75, 3.05) is 11.1 Å². The lowest BCUT2D eigenvalue weighted by atomic mass is 10.1. The highest BCUT2D eigenvalue weighted by molar-refractivity contribution is 8.01. The molecule has 3 aromatic rings. The van der Waals surface area contributed by atoms with E-state index in [1.807, 2.05) is 6.92 Å². The molecule has 0 spiro atoms. The number of hydrogen-bond donors (Lipinski definition) is 1. The number of thiazole rings is 1. The highest BCUT2D eigenvalue weighted by atomic mass is 32.2. The number of nitrogens with zero attached hydrogens (tertiary/aromatic N) is 3. The summed E-state index contributed by atoms with van der Waals surface area (Å²) in [5.74, 6) is -0.187. The number of nitrogens with one attached hydrogen (secondary N) is 1. The first-order valence-corrected chi connectivity index (χ1v) is 9.22. The fourth-order valence-corrected chi connectivity index (χ4v) is 3.97. The third-order valence-electron chi connectivity index (χ3n) is 2.83. The number of anilines is 1. The van der Waals surface area contributed by atoms with Gasteiger partial charge in [-0.05, 0) is 31.2 Å². The van der Waals surface area contributed by atoms with E-state index in [0.29, 0.717) is 5.13 Å². The van der Waals surface area contributed by atoms with Gasteiger partial charge in [0.2, 0.25) is 5.91 Å². The lowest BCUT2D eigenvalue weighted by Crippen LogP contribution is -2.13. The predicted molar refractivity (Wildman–Crippen MR) is 91.5 cm³/mol. The molecule has 1 aromatic carbocycles. The van der Waals surface area contributed by atoms with Crippen LogP contribution in [-0.2, 0) is 4.79 Å². The normalized spacial score (nSPS) is 10.7. The van der Waals surface area contributed by atoms with E-state index in [2.05, 4.69) is 20.5 Å². The third kappa shape index (κ3) is 4.12. The van der Waals surface area contributed by atoms with Gasteiger partial charge in [0.05, 0.1) is 11.4 Å². The Morgan fingerprint density at radius 2 is 2.13 bits per heavy atom. The maximum atomic E-state index is 13.0. The molecular weight excluding hydrogens is 355 g/mol. The number of hydrogen-bond acceptors (Lipinski definition) is 7. The number of halogens is 1. The molecule has 1 amide bonds. The highest BCUT2D eigenvalue weighted by Crippen LogP contribution is 2.30. The number of carbonyl (C=O) groups excluding carboxylic acids is 1. The summed E-state index contributed by atoms with van der Waals surface area (Å²) in [6, 6.07) is 6.14. The summed E-state index contributed by atoms with van der Waals surface area (Å²) in [6.07, 6.45) is 0. The van der Waals surface area contributed by atoms with Crippen molar-refractivity contribution in [3.8, 4) is 11.3 Å². The largest absolute Gasteiger partial charge is 0.301 e. The highest BCUT2D eigenvalue weighted by Gasteiger charge is 2.13. The first-order chi connectivity index (χ1) is 11.1. The molecule has 9 heteroatoms. The molecule has 118 valence electrons. The molecule has 0 atom stereocenters. The lowest BCUT2D eigenvalue weighted by molar-refractivity contribution is -0.113. The zero-order valence-electron chi connectivity index (χ0n) is 11.9. The molecule has 5 nitrogen and oxygen atoms in total. The summed E-state index contributed by atoms with van der Waals surface area (Å²) in [6.45, 7) is 1.92. The van der Waals surface area contributed by atoms with Crippen LogP contribution in [-0.4, -0.2) is 26.8 Å². The maximum Gasteiger partial charge on any atom is 0.236 e. The standard InChI is InChI=1S/C14H11FN4OS3/c1-8-12(9-2-4-10(15)5-3-9)18-13(23-8)17-11(20)6-21-14-19-16-7-22-14/h2-5,7H,6H2,1H3,(H,17,18,20). The van der Waals surface area contributed by atoms with E-state index in [4.69, 9.17) is 0 Å². The zero-order chi connectivity index (χ0) is 16.2. The van der Waals surface area contributed by atoms with Gasteiger partial charge in [0.15, 0.2) is 9.47 Å². The van der Waals surface area contributed by atoms with Crippen LogP contribution >= 0.6 is 34.4 Å². The van der Waals surface area contributed by atoms with Crippen molar-refractivity contribution in [1.82, 2.24) is 15.2 Å². The van der Waals surface area contributed by atoms with E-state index in [1.54, 1.807) is 17.6 Å². The van der Waals surface area contributed by atoms with Crippen LogP contribution in [0.25, 0.3) is 11.3 Å². The molecule has 2 heterocycles. The third-order valence-corrected chi connectivity index (χ3v) is 5.57. The Bertz CT molecular complexity index is 802. The fourth-order valence-electron chi connectivity index (χ4n) is 1.83. The van der Waals surface area contributed by atoms with E-state index >= 15 is 0 Å². The Hall–Kier alpha value is -1.84. The predicted octanol–water partition coefficient (Wildman–Crippen LogP) is 3.84. The summed E-state index contributed by atoms with van der Waals surface area (Å²) in [5, 5.41) is 10.9. The van der Waals surface area contributed by atoms with E-state index in [0.717, 1.165) is 20.5 Å². The smallest absolute Gasteiger partial charge is 0.236 e. The molecule has 0 aliphatic carbocycles. The topological polar surface area (TPSA) is 67.8 Å². The molecule has 0 saturated carbocycles. The number of benzene rings is 1. The second kappa shape index (κ2) is 7.16. The van der Waals surface area contributed by atoms with Gasteiger partial charge in [0, 0.05) is 10.4 Å². The number of carbonyl (C=O) groups is 1. The van der Waals surface area contributed by atoms with Crippen LogP contribution in [0.5, 0.6) is 0 Å². The summed E-state index contributed by atoms with van der Waals surface area (Å²) in [5.41, 5.74) is 3.20. The van der Waals surface area contributed by atoms with Crippen molar-refractivity contribution in [3.05, 3.63) is 40.5 Å². The molecule has 0 unspecified atom stereocenters. The van der Waals surface area contributed by atoms with Gasteiger partial charge < -0.3 is 5.32 Å². The number of aryl methyl sites for hydroxylation is 1. The zero-order valence-corrected chi connectivity index (χ0v) is 14.4. The van der Waals surface area contributed by atoms with Gasteiger partial charge in [0.25, 0.3) is 0 Å². The lowest BCUT2D eigenvalue weighted by Gasteiger charge is -2.00. The molecule has 0 fully saturated rings. The summed E-state index contributed by atoms with van der Waals surface area (Å²) >= 11 is 4.12. The van der Waals surface area contributed by atoms with Crippen LogP contribution in [0.4, 0.5) is 9.52 Å². The van der Waals surface area contributed by atoms with Gasteiger partial charge in [0.1, 0.15) is 11.3 Å². The van der Waals surface area contributed by atoms with Gasteiger partial charge in [-0.3, -0.25) is 4.79 Å². The van der Waals surface area contributed by atoms with Gasteiger partial charge in [-0.2, -0.15) is 0 Å². The van der Waals surface area contributed by atoms with Gasteiger partial charge in [-0.25, -0.2) is 9.37 Å². The van der Waals surface area contributed by atoms with E-state index in [-0.39, 0.29) is 17.5 Å². The first kappa shape index (κ1) is 16.0. The second-order valence-electron chi connectivity index (χ2n) is 4.47. The average Bonchev–Trinajstić information content (AvgIpc) is 3.16. The Balaban J connectivity index is 1.66. The van der Waals surface area contributed by atoms with E-state index in [9.17, 15) is 9.18 Å². The minimum atomic E-state index is -0.288. The molecule has 0 saturated heterocycles. The van der Waals surface area contributed by atoms with Crippen molar-refractivity contribution in [2.24, 2.45) is 0 Å². The second-order valence-corrected chi connectivity index (χ2v) is 7.73. The fraction of sp³-hybridized carbons (Fsp3) is 0.143. The van der Waals surface area contributed by atoms with Crippen molar-refractivity contribution in [1.29, 1.82) is 0 Å². The summed E-state index contributed by atoms with van der Waals surface area (Å²) in [7, 11) is 0. The number of amides is 1. The maximum absolute atomic E-state index is 13.0. The first-order valence-electron chi connectivity index (χ1n) is 6.54. The van der Waals surface area contributed by atoms with Crippen LogP contribution in [0.3, 0.4) is 0 Å². The number of rotatable bonds is 5. The molecule has 0 aliphatic rings. The summed E-state index contributed by atoms with van der Waals surface area (Å²) < 4.78 is 13.7. The van der Waals surface area contributed by atoms with Crippen LogP contribution in [0, 0.1) is 12.7 Å². The van der Waals surface area contributed by atoms with Gasteiger partial charge in [-0.1, -0.05) is 23.1 Å². The molecular formula is C14H11FN4OS3. The van der Waals surface area contributed by atoms with Crippen molar-refractivity contribution in [2.45, 2.75) is 11.3 Å². The quantitative estimate of drug-likeness (QED) is 0.695. The molecule has 23 heavy (non-hydrogen) atoms.